The summed E-state index contributed by atoms with van der Waals surface area (Å²) in [4.78, 5) is 11.5. The normalized spacial score (nSPS) is 10.2. The van der Waals surface area contributed by atoms with Crippen LogP contribution in [0.3, 0.4) is 0 Å². The highest BCUT2D eigenvalue weighted by molar-refractivity contribution is 5.98. The molecule has 9 nitrogen and oxygen atoms in total. The van der Waals surface area contributed by atoms with Gasteiger partial charge in [-0.3, -0.25) is 14.9 Å². The molecule has 0 aromatic carbocycles. The van der Waals surface area contributed by atoms with E-state index in [-0.39, 0.29) is 11.6 Å². The summed E-state index contributed by atoms with van der Waals surface area (Å²) in [5.41, 5.74) is 8.02. The van der Waals surface area contributed by atoms with Crippen LogP contribution in [0.25, 0.3) is 0 Å². The maximum Gasteiger partial charge on any atom is 0.292 e. The molecule has 0 aliphatic heterocycles. The maximum absolute atomic E-state index is 11.5. The minimum atomic E-state index is -0.436. The molecule has 0 radical (unpaired) electrons. The van der Waals surface area contributed by atoms with Gasteiger partial charge in [0.15, 0.2) is 5.69 Å². The molecule has 0 saturated heterocycles. The highest BCUT2D eigenvalue weighted by Crippen LogP contribution is 1.95. The molecule has 0 aliphatic rings. The number of hydrogen-bond donors (Lipinski definition) is 2. The first-order valence-corrected chi connectivity index (χ1v) is 4.00. The fourth-order valence-electron chi connectivity index (χ4n) is 0.948. The van der Waals surface area contributed by atoms with Gasteiger partial charge in [-0.1, -0.05) is 5.21 Å². The van der Waals surface area contributed by atoms with Crippen molar-refractivity contribution in [1.82, 2.24) is 29.9 Å². The molecule has 0 bridgehead atoms. The zero-order valence-electron chi connectivity index (χ0n) is 7.82. The van der Waals surface area contributed by atoms with Crippen LogP contribution in [0.1, 0.15) is 10.5 Å². The first-order valence-electron chi connectivity index (χ1n) is 4.00. The quantitative estimate of drug-likeness (QED) is 0.612. The van der Waals surface area contributed by atoms with Crippen LogP contribution in [0.5, 0.6) is 0 Å². The highest BCUT2D eigenvalue weighted by atomic mass is 16.2. The number of anilines is 1. The molecule has 0 unspecified atom stereocenters. The molecule has 0 aliphatic carbocycles. The second-order valence-corrected chi connectivity index (χ2v) is 2.78. The first kappa shape index (κ1) is 9.12. The van der Waals surface area contributed by atoms with Crippen molar-refractivity contribution in [3.05, 3.63) is 18.2 Å². The van der Waals surface area contributed by atoms with Gasteiger partial charge < -0.3 is 5.73 Å². The predicted molar refractivity (Wildman–Crippen MR) is 49.1 cm³/mol. The highest BCUT2D eigenvalue weighted by Gasteiger charge is 2.11. The molecular weight excluding hydrogens is 200 g/mol. The zero-order valence-corrected chi connectivity index (χ0v) is 7.82. The lowest BCUT2D eigenvalue weighted by Crippen LogP contribution is -2.24. The lowest BCUT2D eigenvalue weighted by molar-refractivity contribution is 0.100. The molecule has 2 rings (SSSR count). The molecule has 15 heavy (non-hydrogen) atoms. The second kappa shape index (κ2) is 3.36. The second-order valence-electron chi connectivity index (χ2n) is 2.78. The van der Waals surface area contributed by atoms with Gasteiger partial charge in [0.2, 0.25) is 5.95 Å². The Balaban J connectivity index is 2.14. The van der Waals surface area contributed by atoms with E-state index in [4.69, 9.17) is 5.73 Å². The zero-order chi connectivity index (χ0) is 10.8. The lowest BCUT2D eigenvalue weighted by Gasteiger charge is -2.02. The number of nitrogens with zero attached hydrogens (tertiary/aromatic N) is 6. The molecule has 2 aromatic heterocycles. The fraction of sp³-hybridized carbons (Fsp3) is 0.167. The summed E-state index contributed by atoms with van der Waals surface area (Å²) in [6.45, 7) is 0. The van der Waals surface area contributed by atoms with Crippen molar-refractivity contribution in [3.8, 4) is 0 Å². The van der Waals surface area contributed by atoms with Crippen molar-refractivity contribution in [2.24, 2.45) is 7.05 Å². The molecule has 0 spiro atoms. The van der Waals surface area contributed by atoms with Crippen molar-refractivity contribution in [1.29, 1.82) is 0 Å². The van der Waals surface area contributed by atoms with E-state index in [9.17, 15) is 4.79 Å². The maximum atomic E-state index is 11.5. The van der Waals surface area contributed by atoms with Crippen molar-refractivity contribution >= 4 is 11.9 Å². The third-order valence-corrected chi connectivity index (χ3v) is 1.63. The Morgan fingerprint density at radius 2 is 2.33 bits per heavy atom. The third kappa shape index (κ3) is 1.75. The van der Waals surface area contributed by atoms with Crippen LogP contribution in [0.4, 0.5) is 5.95 Å². The summed E-state index contributed by atoms with van der Waals surface area (Å²) in [6.07, 6.45) is 2.76. The Hall–Kier alpha value is -2.45. The number of rotatable bonds is 2. The van der Waals surface area contributed by atoms with Gasteiger partial charge in [-0.2, -0.15) is 0 Å². The third-order valence-electron chi connectivity index (χ3n) is 1.63. The van der Waals surface area contributed by atoms with E-state index in [2.05, 4.69) is 25.9 Å². The summed E-state index contributed by atoms with van der Waals surface area (Å²) in [7, 11) is 1.66. The van der Waals surface area contributed by atoms with Gasteiger partial charge >= 0.3 is 0 Å². The molecule has 2 aromatic rings. The van der Waals surface area contributed by atoms with Crippen LogP contribution in [0, 0.1) is 0 Å². The minimum absolute atomic E-state index is 0.0900. The number of carbonyl (C=O) groups excluding carboxylic acids is 1. The number of amides is 1. The Labute approximate surface area is 83.9 Å². The lowest BCUT2D eigenvalue weighted by atomic mass is 10.5. The number of aromatic nitrogens is 6. The number of carbonyl (C=O) groups is 1. The van der Waals surface area contributed by atoms with Crippen molar-refractivity contribution in [2.75, 3.05) is 11.2 Å². The summed E-state index contributed by atoms with van der Waals surface area (Å²) in [5, 5.41) is 14.3. The van der Waals surface area contributed by atoms with Gasteiger partial charge in [-0.05, 0) is 0 Å². The molecular formula is C6H8N8O. The average molecular weight is 208 g/mol. The summed E-state index contributed by atoms with van der Waals surface area (Å²) < 4.78 is 2.61. The van der Waals surface area contributed by atoms with Gasteiger partial charge in [0.1, 0.15) is 6.33 Å². The average Bonchev–Trinajstić information content (AvgIpc) is 2.77. The number of nitrogens with one attached hydrogen (secondary N) is 1. The molecule has 0 fully saturated rings. The largest absolute Gasteiger partial charge is 0.366 e. The standard InChI is InChI=1S/C6H8N8O/c1-13-2-4(9-12-13)5(15)11-14-3-8-10-6(14)7/h2-3H,1H3,(H2,7,10)(H,11,15). The SMILES string of the molecule is Cn1cc(C(=O)Nn2cnnc2N)nn1. The van der Waals surface area contributed by atoms with E-state index in [0.29, 0.717) is 0 Å². The van der Waals surface area contributed by atoms with E-state index in [0.717, 1.165) is 0 Å². The van der Waals surface area contributed by atoms with Crippen molar-refractivity contribution < 1.29 is 4.79 Å². The number of aryl methyl sites for hydroxylation is 1. The van der Waals surface area contributed by atoms with Crippen LogP contribution in [-0.2, 0) is 7.05 Å². The molecule has 78 valence electrons. The van der Waals surface area contributed by atoms with Crippen molar-refractivity contribution in [2.45, 2.75) is 0 Å². The molecule has 9 heteroatoms. The van der Waals surface area contributed by atoms with E-state index in [1.807, 2.05) is 0 Å². The molecule has 0 saturated carbocycles. The van der Waals surface area contributed by atoms with Crippen LogP contribution < -0.4 is 11.2 Å². The van der Waals surface area contributed by atoms with Gasteiger partial charge in [0.05, 0.1) is 6.20 Å². The summed E-state index contributed by atoms with van der Waals surface area (Å²) in [5.74, 6) is -0.346. The summed E-state index contributed by atoms with van der Waals surface area (Å²) >= 11 is 0. The Morgan fingerprint density at radius 1 is 1.53 bits per heavy atom. The molecule has 2 heterocycles. The van der Waals surface area contributed by atoms with E-state index in [1.54, 1.807) is 7.05 Å². The monoisotopic (exact) mass is 208 g/mol. The summed E-state index contributed by atoms with van der Waals surface area (Å²) in [6, 6.07) is 0. The first-order chi connectivity index (χ1) is 7.16. The van der Waals surface area contributed by atoms with E-state index >= 15 is 0 Å². The van der Waals surface area contributed by atoms with Gasteiger partial charge in [0.25, 0.3) is 5.91 Å². The van der Waals surface area contributed by atoms with Gasteiger partial charge in [0, 0.05) is 7.05 Å². The van der Waals surface area contributed by atoms with Gasteiger partial charge in [-0.25, -0.2) is 4.68 Å². The number of nitrogens with two attached hydrogens (primary N) is 1. The minimum Gasteiger partial charge on any atom is -0.366 e. The van der Waals surface area contributed by atoms with Gasteiger partial charge in [-0.15, -0.1) is 15.3 Å². The Morgan fingerprint density at radius 3 is 2.87 bits per heavy atom. The predicted octanol–water partition coefficient (Wildman–Crippen LogP) is -1.63. The van der Waals surface area contributed by atoms with E-state index in [1.165, 1.54) is 21.9 Å². The number of hydrogen-bond acceptors (Lipinski definition) is 6. The fourth-order valence-corrected chi connectivity index (χ4v) is 0.948. The number of nitrogen functional groups attached to an aromatic ring is 1. The van der Waals surface area contributed by atoms with E-state index < -0.39 is 5.91 Å². The molecule has 3 N–H and O–H groups in total. The van der Waals surface area contributed by atoms with Crippen LogP contribution in [0.15, 0.2) is 12.5 Å². The van der Waals surface area contributed by atoms with Crippen molar-refractivity contribution in [3.63, 3.8) is 0 Å². The molecule has 0 atom stereocenters. The Bertz CT molecular complexity index is 485. The smallest absolute Gasteiger partial charge is 0.292 e. The Kier molecular flexibility index (Phi) is 2.04. The van der Waals surface area contributed by atoms with Crippen LogP contribution in [-0.4, -0.2) is 35.8 Å². The van der Waals surface area contributed by atoms with Crippen LogP contribution in [0.2, 0.25) is 0 Å². The topological polar surface area (TPSA) is 117 Å². The molecule has 1 amide bonds. The van der Waals surface area contributed by atoms with Crippen LogP contribution >= 0.6 is 0 Å².